The number of methoxy groups -OCH3 is 2. The Kier molecular flexibility index (Phi) is 8.34. The molecule has 0 heterocycles. The second-order valence-corrected chi connectivity index (χ2v) is 9.63. The Morgan fingerprint density at radius 1 is 0.939 bits per heavy atom. The van der Waals surface area contributed by atoms with E-state index in [4.69, 9.17) is 21.1 Å². The van der Waals surface area contributed by atoms with Gasteiger partial charge < -0.3 is 19.7 Å². The minimum atomic E-state index is -4.13. The number of sulfonamides is 1. The van der Waals surface area contributed by atoms with Gasteiger partial charge in [-0.15, -0.1) is 0 Å². The molecule has 0 radical (unpaired) electrons. The highest BCUT2D eigenvalue weighted by Crippen LogP contribution is 2.32. The maximum atomic E-state index is 13.7. The van der Waals surface area contributed by atoms with Gasteiger partial charge in [0.15, 0.2) is 11.5 Å². The summed E-state index contributed by atoms with van der Waals surface area (Å²) in [4.78, 5) is -0.00825. The Morgan fingerprint density at radius 3 is 2.15 bits per heavy atom. The van der Waals surface area contributed by atoms with E-state index in [1.807, 2.05) is 0 Å². The van der Waals surface area contributed by atoms with E-state index in [-0.39, 0.29) is 11.4 Å². The predicted octanol–water partition coefficient (Wildman–Crippen LogP) is 3.64. The molecule has 3 rings (SSSR count). The summed E-state index contributed by atoms with van der Waals surface area (Å²) < 4.78 is 39.0. The number of aliphatic hydroxyl groups is 2. The minimum absolute atomic E-state index is 0.00825. The molecule has 0 aliphatic rings. The number of nitrogens with zero attached hydrogens (tertiary/aromatic N) is 1. The number of aliphatic hydroxyl groups excluding tert-OH is 2. The van der Waals surface area contributed by atoms with Gasteiger partial charge in [0.25, 0.3) is 0 Å². The Labute approximate surface area is 198 Å². The molecule has 0 aliphatic carbocycles. The molecular formula is C24H26ClNO6S. The van der Waals surface area contributed by atoms with Gasteiger partial charge in [0.2, 0.25) is 10.0 Å². The molecule has 33 heavy (non-hydrogen) atoms. The van der Waals surface area contributed by atoms with Crippen molar-refractivity contribution in [3.63, 3.8) is 0 Å². The van der Waals surface area contributed by atoms with E-state index >= 15 is 0 Å². The summed E-state index contributed by atoms with van der Waals surface area (Å²) in [5.74, 6) is 0.930. The van der Waals surface area contributed by atoms with Gasteiger partial charge in [-0.05, 0) is 47.5 Å². The molecule has 0 saturated carbocycles. The van der Waals surface area contributed by atoms with Gasteiger partial charge in [0.1, 0.15) is 0 Å². The summed E-state index contributed by atoms with van der Waals surface area (Å²) in [5.41, 5.74) is 1.07. The zero-order valence-electron chi connectivity index (χ0n) is 18.3. The van der Waals surface area contributed by atoms with Crippen LogP contribution in [0.3, 0.4) is 0 Å². The Balaban J connectivity index is 2.08. The lowest BCUT2D eigenvalue weighted by molar-refractivity contribution is 0.0492. The molecule has 0 aliphatic heterocycles. The molecule has 3 aromatic rings. The lowest BCUT2D eigenvalue weighted by atomic mass is 10.0. The molecule has 3 aromatic carbocycles. The van der Waals surface area contributed by atoms with Crippen molar-refractivity contribution in [3.05, 3.63) is 88.9 Å². The summed E-state index contributed by atoms with van der Waals surface area (Å²) in [7, 11) is -1.14. The third-order valence-corrected chi connectivity index (χ3v) is 7.41. The molecular weight excluding hydrogens is 466 g/mol. The van der Waals surface area contributed by atoms with Crippen LogP contribution in [0.1, 0.15) is 17.2 Å². The monoisotopic (exact) mass is 491 g/mol. The van der Waals surface area contributed by atoms with Crippen molar-refractivity contribution in [3.8, 4) is 11.5 Å². The zero-order chi connectivity index (χ0) is 24.0. The second-order valence-electron chi connectivity index (χ2n) is 7.30. The van der Waals surface area contributed by atoms with Crippen molar-refractivity contribution in [1.82, 2.24) is 4.31 Å². The fraction of sp³-hybridized carbons (Fsp3) is 0.250. The van der Waals surface area contributed by atoms with Gasteiger partial charge in [-0.1, -0.05) is 48.0 Å². The van der Waals surface area contributed by atoms with Crippen LogP contribution < -0.4 is 9.47 Å². The molecule has 2 atom stereocenters. The summed E-state index contributed by atoms with van der Waals surface area (Å²) in [6.07, 6.45) is -1.27. The van der Waals surface area contributed by atoms with Crippen LogP contribution >= 0.6 is 11.6 Å². The third kappa shape index (κ3) is 5.66. The first-order valence-corrected chi connectivity index (χ1v) is 12.0. The Bertz CT molecular complexity index is 1160. The first-order chi connectivity index (χ1) is 15.8. The predicted molar refractivity (Wildman–Crippen MR) is 126 cm³/mol. The summed E-state index contributed by atoms with van der Waals surface area (Å²) in [6, 6.07) is 18.2. The molecule has 2 N–H and O–H groups in total. The first-order valence-electron chi connectivity index (χ1n) is 10.1. The number of ether oxygens (including phenoxy) is 2. The third-order valence-electron chi connectivity index (χ3n) is 5.27. The number of halogens is 1. The van der Waals surface area contributed by atoms with E-state index in [2.05, 4.69) is 0 Å². The molecule has 0 saturated heterocycles. The van der Waals surface area contributed by atoms with Gasteiger partial charge in [0.05, 0.1) is 37.9 Å². The largest absolute Gasteiger partial charge is 0.493 e. The summed E-state index contributed by atoms with van der Waals surface area (Å²) in [5, 5.41) is 21.6. The van der Waals surface area contributed by atoms with Crippen molar-refractivity contribution in [2.75, 3.05) is 20.8 Å². The smallest absolute Gasteiger partial charge is 0.243 e. The van der Waals surface area contributed by atoms with Gasteiger partial charge in [-0.3, -0.25) is 0 Å². The SMILES string of the molecule is COc1ccc(CN(C(CO)C(O)c2ccccc2)S(=O)(=O)c2ccc(Cl)cc2)cc1OC. The van der Waals surface area contributed by atoms with Crippen molar-refractivity contribution in [2.45, 2.75) is 23.6 Å². The average molecular weight is 492 g/mol. The van der Waals surface area contributed by atoms with Crippen molar-refractivity contribution < 1.29 is 28.1 Å². The number of hydrogen-bond donors (Lipinski definition) is 2. The minimum Gasteiger partial charge on any atom is -0.493 e. The van der Waals surface area contributed by atoms with Crippen molar-refractivity contribution in [1.29, 1.82) is 0 Å². The maximum Gasteiger partial charge on any atom is 0.243 e. The molecule has 0 spiro atoms. The molecule has 0 aromatic heterocycles. The second kappa shape index (κ2) is 11.0. The van der Waals surface area contributed by atoms with Crippen LogP contribution in [-0.4, -0.2) is 49.8 Å². The van der Waals surface area contributed by atoms with Crippen LogP contribution in [0.5, 0.6) is 11.5 Å². The van der Waals surface area contributed by atoms with Crippen LogP contribution in [0.4, 0.5) is 0 Å². The van der Waals surface area contributed by atoms with Crippen LogP contribution in [0, 0.1) is 0 Å². The summed E-state index contributed by atoms with van der Waals surface area (Å²) in [6.45, 7) is -0.726. The fourth-order valence-electron chi connectivity index (χ4n) is 3.50. The van der Waals surface area contributed by atoms with Crippen LogP contribution in [-0.2, 0) is 16.6 Å². The molecule has 0 amide bonds. The van der Waals surface area contributed by atoms with E-state index in [1.54, 1.807) is 48.5 Å². The average Bonchev–Trinajstić information content (AvgIpc) is 2.84. The molecule has 7 nitrogen and oxygen atoms in total. The topological polar surface area (TPSA) is 96.3 Å². The highest BCUT2D eigenvalue weighted by molar-refractivity contribution is 7.89. The summed E-state index contributed by atoms with van der Waals surface area (Å²) >= 11 is 5.94. The van der Waals surface area contributed by atoms with Crippen LogP contribution in [0.15, 0.2) is 77.7 Å². The molecule has 0 bridgehead atoms. The normalized spacial score (nSPS) is 13.5. The van der Waals surface area contributed by atoms with Crippen LogP contribution in [0.2, 0.25) is 5.02 Å². The Morgan fingerprint density at radius 2 is 1.58 bits per heavy atom. The van der Waals surface area contributed by atoms with E-state index in [9.17, 15) is 18.6 Å². The van der Waals surface area contributed by atoms with Gasteiger partial charge >= 0.3 is 0 Å². The van der Waals surface area contributed by atoms with E-state index < -0.39 is 28.8 Å². The quantitative estimate of drug-likeness (QED) is 0.449. The fourth-order valence-corrected chi connectivity index (χ4v) is 5.24. The Hall–Kier alpha value is -2.62. The molecule has 2 unspecified atom stereocenters. The van der Waals surface area contributed by atoms with Crippen molar-refractivity contribution >= 4 is 21.6 Å². The number of hydrogen-bond acceptors (Lipinski definition) is 6. The van der Waals surface area contributed by atoms with E-state index in [0.717, 1.165) is 4.31 Å². The molecule has 9 heteroatoms. The number of benzene rings is 3. The zero-order valence-corrected chi connectivity index (χ0v) is 19.8. The highest BCUT2D eigenvalue weighted by Gasteiger charge is 2.36. The number of rotatable bonds is 10. The van der Waals surface area contributed by atoms with Crippen molar-refractivity contribution in [2.24, 2.45) is 0 Å². The van der Waals surface area contributed by atoms with E-state index in [0.29, 0.717) is 27.6 Å². The maximum absolute atomic E-state index is 13.7. The molecule has 0 fully saturated rings. The van der Waals surface area contributed by atoms with Gasteiger partial charge in [-0.25, -0.2) is 8.42 Å². The molecule has 176 valence electrons. The lowest BCUT2D eigenvalue weighted by Crippen LogP contribution is -2.45. The van der Waals surface area contributed by atoms with Crippen LogP contribution in [0.25, 0.3) is 0 Å². The first kappa shape index (κ1) is 25.0. The lowest BCUT2D eigenvalue weighted by Gasteiger charge is -2.33. The van der Waals surface area contributed by atoms with E-state index in [1.165, 1.54) is 38.5 Å². The van der Waals surface area contributed by atoms with Gasteiger partial charge in [-0.2, -0.15) is 4.31 Å². The highest BCUT2D eigenvalue weighted by atomic mass is 35.5. The standard InChI is InChI=1S/C24H26ClNO6S/c1-31-22-13-8-17(14-23(22)32-2)15-26(33(29,30)20-11-9-19(25)10-12-20)21(16-27)24(28)18-6-4-3-5-7-18/h3-14,21,24,27-28H,15-16H2,1-2H3. The van der Waals surface area contributed by atoms with Gasteiger partial charge in [0, 0.05) is 11.6 Å².